The predicted molar refractivity (Wildman–Crippen MR) is 107 cm³/mol. The molecule has 28 heavy (non-hydrogen) atoms. The van der Waals surface area contributed by atoms with Gasteiger partial charge in [-0.2, -0.15) is 0 Å². The van der Waals surface area contributed by atoms with Crippen LogP contribution in [0.25, 0.3) is 11.3 Å². The van der Waals surface area contributed by atoms with E-state index in [9.17, 15) is 9.90 Å². The summed E-state index contributed by atoms with van der Waals surface area (Å²) in [5.74, 6) is 0.335. The number of aryl methyl sites for hydroxylation is 1. The van der Waals surface area contributed by atoms with Gasteiger partial charge in [0.25, 0.3) is 0 Å². The van der Waals surface area contributed by atoms with Crippen LogP contribution in [-0.4, -0.2) is 28.2 Å². The van der Waals surface area contributed by atoms with Gasteiger partial charge in [-0.15, -0.1) is 0 Å². The summed E-state index contributed by atoms with van der Waals surface area (Å²) in [7, 11) is 1.64. The Balaban J connectivity index is 1.62. The monoisotopic (exact) mass is 374 g/mol. The highest BCUT2D eigenvalue weighted by atomic mass is 16.5. The molecule has 0 radical (unpaired) electrons. The van der Waals surface area contributed by atoms with Gasteiger partial charge < -0.3 is 9.84 Å². The summed E-state index contributed by atoms with van der Waals surface area (Å²) < 4.78 is 5.29. The molecule has 1 aliphatic rings. The number of carbonyl (C=O) groups is 1. The van der Waals surface area contributed by atoms with E-state index < -0.39 is 5.97 Å². The van der Waals surface area contributed by atoms with Gasteiger partial charge in [0.15, 0.2) is 0 Å². The molecular weight excluding hydrogens is 352 g/mol. The first-order valence-corrected chi connectivity index (χ1v) is 9.37. The minimum atomic E-state index is -0.928. The second kappa shape index (κ2) is 7.43. The highest BCUT2D eigenvalue weighted by Gasteiger charge is 2.25. The molecule has 1 N–H and O–H groups in total. The summed E-state index contributed by atoms with van der Waals surface area (Å²) in [6.07, 6.45) is 6.30. The molecule has 5 heteroatoms. The van der Waals surface area contributed by atoms with E-state index in [0.29, 0.717) is 23.6 Å². The average Bonchev–Trinajstić information content (AvgIpc) is 3.53. The molecule has 0 unspecified atom stereocenters. The van der Waals surface area contributed by atoms with Crippen LogP contribution in [0, 0.1) is 6.92 Å². The molecule has 1 saturated carbocycles. The zero-order valence-corrected chi connectivity index (χ0v) is 16.0. The third kappa shape index (κ3) is 3.74. The first-order chi connectivity index (χ1) is 13.5. The van der Waals surface area contributed by atoms with Crippen molar-refractivity contribution in [1.82, 2.24) is 9.97 Å². The quantitative estimate of drug-likeness (QED) is 0.681. The Morgan fingerprint density at radius 2 is 2.00 bits per heavy atom. The molecule has 3 aromatic rings. The highest BCUT2D eigenvalue weighted by Crippen LogP contribution is 2.40. The van der Waals surface area contributed by atoms with Gasteiger partial charge in [0.2, 0.25) is 0 Å². The first kappa shape index (κ1) is 18.2. The molecule has 142 valence electrons. The van der Waals surface area contributed by atoms with E-state index in [0.717, 1.165) is 46.5 Å². The van der Waals surface area contributed by atoms with Crippen LogP contribution in [0.4, 0.5) is 0 Å². The molecule has 2 heterocycles. The fraction of sp³-hybridized carbons (Fsp3) is 0.261. The van der Waals surface area contributed by atoms with Crippen molar-refractivity contribution >= 4 is 5.97 Å². The molecule has 0 atom stereocenters. The Kier molecular flexibility index (Phi) is 4.82. The lowest BCUT2D eigenvalue weighted by Gasteiger charge is -2.11. The zero-order valence-electron chi connectivity index (χ0n) is 16.0. The zero-order chi connectivity index (χ0) is 19.7. The second-order valence-corrected chi connectivity index (χ2v) is 7.26. The summed E-state index contributed by atoms with van der Waals surface area (Å²) in [4.78, 5) is 20.8. The van der Waals surface area contributed by atoms with E-state index >= 15 is 0 Å². The molecule has 0 saturated heterocycles. The van der Waals surface area contributed by atoms with Crippen molar-refractivity contribution in [3.05, 3.63) is 76.7 Å². The van der Waals surface area contributed by atoms with Gasteiger partial charge in [0, 0.05) is 24.4 Å². The fourth-order valence-corrected chi connectivity index (χ4v) is 3.47. The number of nitrogens with zero attached hydrogens (tertiary/aromatic N) is 2. The maximum absolute atomic E-state index is 11.7. The molecule has 2 aromatic heterocycles. The Morgan fingerprint density at radius 3 is 2.68 bits per heavy atom. The van der Waals surface area contributed by atoms with Crippen molar-refractivity contribution in [2.45, 2.75) is 32.1 Å². The van der Waals surface area contributed by atoms with Crippen LogP contribution in [0.2, 0.25) is 0 Å². The Bertz CT molecular complexity index is 1040. The largest absolute Gasteiger partial charge is 0.497 e. The Morgan fingerprint density at radius 1 is 1.18 bits per heavy atom. The number of ether oxygens (including phenoxy) is 1. The molecule has 0 bridgehead atoms. The van der Waals surface area contributed by atoms with Gasteiger partial charge in [-0.1, -0.05) is 18.2 Å². The molecule has 1 aromatic carbocycles. The summed E-state index contributed by atoms with van der Waals surface area (Å²) >= 11 is 0. The number of hydrogen-bond donors (Lipinski definition) is 1. The minimum absolute atomic E-state index is 0.291. The maximum Gasteiger partial charge on any atom is 0.337 e. The second-order valence-electron chi connectivity index (χ2n) is 7.26. The molecule has 0 spiro atoms. The lowest BCUT2D eigenvalue weighted by Crippen LogP contribution is -2.07. The summed E-state index contributed by atoms with van der Waals surface area (Å²) in [6, 6.07) is 11.6. The van der Waals surface area contributed by atoms with Crippen LogP contribution in [-0.2, 0) is 6.42 Å². The summed E-state index contributed by atoms with van der Waals surface area (Å²) in [5.41, 5.74) is 5.74. The Labute approximate surface area is 164 Å². The van der Waals surface area contributed by atoms with Gasteiger partial charge in [-0.25, -0.2) is 4.79 Å². The summed E-state index contributed by atoms with van der Waals surface area (Å²) in [6.45, 7) is 2.01. The van der Waals surface area contributed by atoms with E-state index in [1.165, 1.54) is 0 Å². The van der Waals surface area contributed by atoms with Crippen LogP contribution in [0.5, 0.6) is 5.75 Å². The van der Waals surface area contributed by atoms with Crippen LogP contribution in [0.3, 0.4) is 0 Å². The van der Waals surface area contributed by atoms with E-state index in [2.05, 4.69) is 9.97 Å². The smallest absolute Gasteiger partial charge is 0.337 e. The van der Waals surface area contributed by atoms with Crippen molar-refractivity contribution in [3.63, 3.8) is 0 Å². The number of methoxy groups -OCH3 is 1. The number of rotatable bonds is 6. The SMILES string of the molecule is COc1cccc(-c2ncc(Cc3ncc(C4CC4)cc3C(=O)O)cc2C)c1. The topological polar surface area (TPSA) is 72.3 Å². The van der Waals surface area contributed by atoms with E-state index in [4.69, 9.17) is 4.74 Å². The van der Waals surface area contributed by atoms with Gasteiger partial charge in [0.05, 0.1) is 24.1 Å². The molecule has 4 rings (SSSR count). The molecule has 1 fully saturated rings. The van der Waals surface area contributed by atoms with Crippen LogP contribution >= 0.6 is 0 Å². The van der Waals surface area contributed by atoms with Crippen LogP contribution < -0.4 is 4.74 Å². The summed E-state index contributed by atoms with van der Waals surface area (Å²) in [5, 5.41) is 9.60. The third-order valence-corrected chi connectivity index (χ3v) is 5.12. The number of aromatic nitrogens is 2. The molecular formula is C23H22N2O3. The van der Waals surface area contributed by atoms with E-state index in [1.807, 2.05) is 43.5 Å². The van der Waals surface area contributed by atoms with Gasteiger partial charge in [0.1, 0.15) is 5.75 Å². The van der Waals surface area contributed by atoms with Crippen molar-refractivity contribution < 1.29 is 14.6 Å². The fourth-order valence-electron chi connectivity index (χ4n) is 3.47. The standard InChI is InChI=1S/C23H22N2O3/c1-14-8-15(12-25-22(14)17-4-3-5-19(10-17)28-2)9-21-20(23(26)27)11-18(13-24-21)16-6-7-16/h3-5,8,10-13,16H,6-7,9H2,1-2H3,(H,26,27). The third-order valence-electron chi connectivity index (χ3n) is 5.12. The number of benzene rings is 1. The normalized spacial score (nSPS) is 13.4. The van der Waals surface area contributed by atoms with Crippen molar-refractivity contribution in [1.29, 1.82) is 0 Å². The molecule has 0 aliphatic heterocycles. The number of pyridine rings is 2. The maximum atomic E-state index is 11.7. The molecule has 0 amide bonds. The van der Waals surface area contributed by atoms with Crippen molar-refractivity contribution in [2.75, 3.05) is 7.11 Å². The molecule has 1 aliphatic carbocycles. The van der Waals surface area contributed by atoms with Crippen molar-refractivity contribution in [3.8, 4) is 17.0 Å². The first-order valence-electron chi connectivity index (χ1n) is 9.37. The van der Waals surface area contributed by atoms with Crippen LogP contribution in [0.1, 0.15) is 51.5 Å². The number of hydrogen-bond acceptors (Lipinski definition) is 4. The predicted octanol–water partition coefficient (Wildman–Crippen LogP) is 4.63. The Hall–Kier alpha value is -3.21. The van der Waals surface area contributed by atoms with Gasteiger partial charge >= 0.3 is 5.97 Å². The highest BCUT2D eigenvalue weighted by molar-refractivity contribution is 5.89. The number of carboxylic acid groups (broad SMARTS) is 1. The number of carboxylic acids is 1. The van der Waals surface area contributed by atoms with E-state index in [1.54, 1.807) is 19.4 Å². The van der Waals surface area contributed by atoms with Crippen molar-refractivity contribution in [2.24, 2.45) is 0 Å². The van der Waals surface area contributed by atoms with Gasteiger partial charge in [-0.3, -0.25) is 9.97 Å². The van der Waals surface area contributed by atoms with Gasteiger partial charge in [-0.05, 0) is 60.6 Å². The van der Waals surface area contributed by atoms with E-state index in [-0.39, 0.29) is 0 Å². The number of aromatic carboxylic acids is 1. The lowest BCUT2D eigenvalue weighted by atomic mass is 10.0. The lowest BCUT2D eigenvalue weighted by molar-refractivity contribution is 0.0695. The average molecular weight is 374 g/mol. The minimum Gasteiger partial charge on any atom is -0.497 e. The molecule has 5 nitrogen and oxygen atoms in total. The van der Waals surface area contributed by atoms with Crippen LogP contribution in [0.15, 0.2) is 48.8 Å².